The van der Waals surface area contributed by atoms with E-state index in [4.69, 9.17) is 9.47 Å². The second-order valence-corrected chi connectivity index (χ2v) is 10.3. The third-order valence-electron chi connectivity index (χ3n) is 5.74. The van der Waals surface area contributed by atoms with Gasteiger partial charge in [0.15, 0.2) is 11.0 Å². The lowest BCUT2D eigenvalue weighted by Crippen LogP contribution is -2.15. The Morgan fingerprint density at radius 1 is 1.37 bits per heavy atom. The van der Waals surface area contributed by atoms with Crippen molar-refractivity contribution in [3.63, 3.8) is 0 Å². The quantitative estimate of drug-likeness (QED) is 0.308. The minimum Gasteiger partial charge on any atom is -0.497 e. The summed E-state index contributed by atoms with van der Waals surface area (Å²) in [4.78, 5) is 13.9. The van der Waals surface area contributed by atoms with E-state index in [1.165, 1.54) is 28.0 Å². The van der Waals surface area contributed by atoms with Gasteiger partial charge >= 0.3 is 0 Å². The minimum atomic E-state index is -0.178. The molecule has 0 spiro atoms. The molecule has 35 heavy (non-hydrogen) atoms. The Kier molecular flexibility index (Phi) is 8.10. The van der Waals surface area contributed by atoms with Gasteiger partial charge in [-0.15, -0.1) is 28.1 Å². The molecule has 1 amide bonds. The SMILES string of the molecule is C=CCn1c(COc2ccc(OC)cc2)nnc1SCC(=O)Nc1sc2c(c1C#N)CCC(C)C2. The molecule has 10 heteroatoms. The normalized spacial score (nSPS) is 14.6. The average molecular weight is 510 g/mol. The fourth-order valence-corrected chi connectivity index (χ4v) is 6.06. The molecule has 0 saturated heterocycles. The molecule has 2 aromatic heterocycles. The fraction of sp³-hybridized carbons (Fsp3) is 0.360. The fourth-order valence-electron chi connectivity index (χ4n) is 3.91. The second kappa shape index (κ2) is 11.4. The summed E-state index contributed by atoms with van der Waals surface area (Å²) in [5.41, 5.74) is 1.72. The topological polar surface area (TPSA) is 102 Å². The molecule has 1 atom stereocenters. The van der Waals surface area contributed by atoms with Gasteiger partial charge in [0.05, 0.1) is 18.4 Å². The number of nitriles is 1. The van der Waals surface area contributed by atoms with E-state index in [-0.39, 0.29) is 18.3 Å². The van der Waals surface area contributed by atoms with Crippen molar-refractivity contribution >= 4 is 34.0 Å². The molecule has 1 aliphatic carbocycles. The lowest BCUT2D eigenvalue weighted by Gasteiger charge is -2.17. The third kappa shape index (κ3) is 5.86. The largest absolute Gasteiger partial charge is 0.497 e. The van der Waals surface area contributed by atoms with Gasteiger partial charge in [0.25, 0.3) is 0 Å². The molecule has 0 aliphatic heterocycles. The van der Waals surface area contributed by atoms with Crippen molar-refractivity contribution in [2.24, 2.45) is 5.92 Å². The first-order valence-electron chi connectivity index (χ1n) is 11.3. The zero-order valence-corrected chi connectivity index (χ0v) is 21.4. The zero-order valence-electron chi connectivity index (χ0n) is 19.7. The standard InChI is InChI=1S/C25H27N5O3S2/c1-4-11-30-22(14-33-18-8-6-17(32-3)7-9-18)28-29-25(30)34-15-23(31)27-24-20(13-26)19-10-5-16(2)12-21(19)35-24/h4,6-9,16H,1,5,10-12,14-15H2,2-3H3,(H,27,31). The van der Waals surface area contributed by atoms with Crippen LogP contribution in [0.2, 0.25) is 0 Å². The smallest absolute Gasteiger partial charge is 0.235 e. The lowest BCUT2D eigenvalue weighted by molar-refractivity contribution is -0.113. The highest BCUT2D eigenvalue weighted by Gasteiger charge is 2.25. The number of anilines is 1. The minimum absolute atomic E-state index is 0.151. The van der Waals surface area contributed by atoms with Crippen molar-refractivity contribution in [2.75, 3.05) is 18.2 Å². The van der Waals surface area contributed by atoms with Crippen LogP contribution in [0.15, 0.2) is 42.1 Å². The Hall–Kier alpha value is -3.29. The molecule has 1 N–H and O–H groups in total. The molecule has 0 fully saturated rings. The summed E-state index contributed by atoms with van der Waals surface area (Å²) in [6, 6.07) is 9.59. The van der Waals surface area contributed by atoms with Crippen LogP contribution in [0.4, 0.5) is 5.00 Å². The number of aromatic nitrogens is 3. The number of carbonyl (C=O) groups is 1. The summed E-state index contributed by atoms with van der Waals surface area (Å²) < 4.78 is 12.9. The molecular weight excluding hydrogens is 482 g/mol. The molecule has 1 unspecified atom stereocenters. The number of benzene rings is 1. The summed E-state index contributed by atoms with van der Waals surface area (Å²) in [6.07, 6.45) is 4.68. The van der Waals surface area contributed by atoms with E-state index in [0.29, 0.717) is 39.8 Å². The van der Waals surface area contributed by atoms with Gasteiger partial charge in [0.1, 0.15) is 29.2 Å². The van der Waals surface area contributed by atoms with Gasteiger partial charge < -0.3 is 14.8 Å². The Labute approximate surface area is 213 Å². The van der Waals surface area contributed by atoms with Crippen LogP contribution in [-0.4, -0.2) is 33.5 Å². The Morgan fingerprint density at radius 2 is 2.14 bits per heavy atom. The zero-order chi connectivity index (χ0) is 24.8. The molecule has 8 nitrogen and oxygen atoms in total. The van der Waals surface area contributed by atoms with Gasteiger partial charge in [-0.2, -0.15) is 5.26 Å². The van der Waals surface area contributed by atoms with E-state index < -0.39 is 0 Å². The Balaban J connectivity index is 1.38. The molecular formula is C25H27N5O3S2. The average Bonchev–Trinajstić information content (AvgIpc) is 3.41. The lowest BCUT2D eigenvalue weighted by atomic mass is 9.89. The van der Waals surface area contributed by atoms with Crippen LogP contribution in [0.3, 0.4) is 0 Å². The summed E-state index contributed by atoms with van der Waals surface area (Å²) in [5, 5.41) is 22.3. The number of hydrogen-bond donors (Lipinski definition) is 1. The molecule has 0 saturated carbocycles. The van der Waals surface area contributed by atoms with Crippen molar-refractivity contribution < 1.29 is 14.3 Å². The van der Waals surface area contributed by atoms with Crippen LogP contribution in [0.5, 0.6) is 11.5 Å². The maximum Gasteiger partial charge on any atom is 0.235 e. The Bertz CT molecular complexity index is 1240. The van der Waals surface area contributed by atoms with Gasteiger partial charge in [-0.1, -0.05) is 24.8 Å². The first-order chi connectivity index (χ1) is 17.0. The molecule has 1 aliphatic rings. The van der Waals surface area contributed by atoms with Crippen LogP contribution >= 0.6 is 23.1 Å². The molecule has 0 bridgehead atoms. The van der Waals surface area contributed by atoms with E-state index in [2.05, 4.69) is 35.1 Å². The highest BCUT2D eigenvalue weighted by atomic mass is 32.2. The van der Waals surface area contributed by atoms with Crippen LogP contribution in [0.25, 0.3) is 0 Å². The number of thioether (sulfide) groups is 1. The summed E-state index contributed by atoms with van der Waals surface area (Å²) >= 11 is 2.82. The number of hydrogen-bond acceptors (Lipinski definition) is 8. The van der Waals surface area contributed by atoms with Crippen LogP contribution < -0.4 is 14.8 Å². The number of nitrogens with zero attached hydrogens (tertiary/aromatic N) is 4. The molecule has 1 aromatic carbocycles. The predicted molar refractivity (Wildman–Crippen MR) is 137 cm³/mol. The van der Waals surface area contributed by atoms with E-state index >= 15 is 0 Å². The van der Waals surface area contributed by atoms with E-state index in [9.17, 15) is 10.1 Å². The Morgan fingerprint density at radius 3 is 2.86 bits per heavy atom. The number of ether oxygens (including phenoxy) is 2. The van der Waals surface area contributed by atoms with Crippen LogP contribution in [0.1, 0.15) is 35.2 Å². The summed E-state index contributed by atoms with van der Waals surface area (Å²) in [6.45, 7) is 6.75. The van der Waals surface area contributed by atoms with E-state index in [1.54, 1.807) is 13.2 Å². The number of allylic oxidation sites excluding steroid dienone is 1. The number of methoxy groups -OCH3 is 1. The van der Waals surface area contributed by atoms with Crippen molar-refractivity contribution in [1.82, 2.24) is 14.8 Å². The monoisotopic (exact) mass is 509 g/mol. The van der Waals surface area contributed by atoms with Crippen molar-refractivity contribution in [1.29, 1.82) is 5.26 Å². The van der Waals surface area contributed by atoms with Gasteiger partial charge in [-0.3, -0.25) is 9.36 Å². The second-order valence-electron chi connectivity index (χ2n) is 8.27. The van der Waals surface area contributed by atoms with Gasteiger partial charge in [-0.05, 0) is 55.0 Å². The molecule has 0 radical (unpaired) electrons. The number of nitrogens with one attached hydrogen (secondary N) is 1. The number of amides is 1. The molecule has 2 heterocycles. The van der Waals surface area contributed by atoms with E-state index in [1.807, 2.05) is 28.8 Å². The van der Waals surface area contributed by atoms with Gasteiger partial charge in [0, 0.05) is 11.4 Å². The first-order valence-corrected chi connectivity index (χ1v) is 13.1. The third-order valence-corrected chi connectivity index (χ3v) is 7.88. The predicted octanol–water partition coefficient (Wildman–Crippen LogP) is 4.84. The van der Waals surface area contributed by atoms with E-state index in [0.717, 1.165) is 30.6 Å². The highest BCUT2D eigenvalue weighted by molar-refractivity contribution is 7.99. The highest BCUT2D eigenvalue weighted by Crippen LogP contribution is 2.39. The van der Waals surface area contributed by atoms with Crippen molar-refractivity contribution in [3.8, 4) is 17.6 Å². The molecule has 182 valence electrons. The maximum atomic E-state index is 12.7. The summed E-state index contributed by atoms with van der Waals surface area (Å²) in [5.74, 6) is 2.65. The van der Waals surface area contributed by atoms with Crippen molar-refractivity contribution in [2.45, 2.75) is 44.5 Å². The number of fused-ring (bicyclic) bond motifs is 1. The molecule has 4 rings (SSSR count). The number of thiophene rings is 1. The van der Waals surface area contributed by atoms with Crippen LogP contribution in [-0.2, 0) is 30.8 Å². The maximum absolute atomic E-state index is 12.7. The first kappa shape index (κ1) is 24.8. The van der Waals surface area contributed by atoms with Gasteiger partial charge in [-0.25, -0.2) is 0 Å². The number of carbonyl (C=O) groups excluding carboxylic acids is 1. The summed E-state index contributed by atoms with van der Waals surface area (Å²) in [7, 11) is 1.61. The van der Waals surface area contributed by atoms with Gasteiger partial charge in [0.2, 0.25) is 5.91 Å². The van der Waals surface area contributed by atoms with Crippen LogP contribution in [0, 0.1) is 17.2 Å². The van der Waals surface area contributed by atoms with Crippen molar-refractivity contribution in [3.05, 3.63) is 58.7 Å². The number of rotatable bonds is 10. The molecule has 3 aromatic rings.